The summed E-state index contributed by atoms with van der Waals surface area (Å²) in [6.07, 6.45) is 1.07. The quantitative estimate of drug-likeness (QED) is 0.939. The molecule has 0 bridgehead atoms. The van der Waals surface area contributed by atoms with Crippen molar-refractivity contribution >= 4 is 16.8 Å². The zero-order valence-electron chi connectivity index (χ0n) is 12.6. The number of amides is 1. The number of para-hydroxylation sites is 1. The molecule has 2 aromatic rings. The third kappa shape index (κ3) is 2.76. The summed E-state index contributed by atoms with van der Waals surface area (Å²) in [5.41, 5.74) is 2.57. The van der Waals surface area contributed by atoms with Gasteiger partial charge in [-0.3, -0.25) is 4.79 Å². The number of likely N-dealkylation sites (tertiary alicyclic amines) is 1. The maximum Gasteiger partial charge on any atom is 0.272 e. The second-order valence-corrected chi connectivity index (χ2v) is 5.81. The molecule has 4 heteroatoms. The summed E-state index contributed by atoms with van der Waals surface area (Å²) >= 11 is 0. The van der Waals surface area contributed by atoms with Gasteiger partial charge in [0.2, 0.25) is 0 Å². The minimum atomic E-state index is 0.0578. The fourth-order valence-corrected chi connectivity index (χ4v) is 3.09. The highest BCUT2D eigenvalue weighted by Crippen LogP contribution is 2.21. The van der Waals surface area contributed by atoms with Crippen molar-refractivity contribution in [2.45, 2.75) is 13.3 Å². The third-order valence-electron chi connectivity index (χ3n) is 4.21. The van der Waals surface area contributed by atoms with Crippen LogP contribution in [0.3, 0.4) is 0 Å². The molecule has 110 valence electrons. The molecule has 3 rings (SSSR count). The summed E-state index contributed by atoms with van der Waals surface area (Å²) in [4.78, 5) is 19.1. The Morgan fingerprint density at radius 3 is 3.05 bits per heavy atom. The fraction of sp³-hybridized carbons (Fsp3) is 0.412. The van der Waals surface area contributed by atoms with E-state index in [0.29, 0.717) is 11.6 Å². The van der Waals surface area contributed by atoms with E-state index in [2.05, 4.69) is 10.3 Å². The van der Waals surface area contributed by atoms with Crippen molar-refractivity contribution in [3.63, 3.8) is 0 Å². The van der Waals surface area contributed by atoms with Crippen molar-refractivity contribution in [2.24, 2.45) is 5.92 Å². The molecule has 21 heavy (non-hydrogen) atoms. The van der Waals surface area contributed by atoms with E-state index in [9.17, 15) is 4.79 Å². The largest absolute Gasteiger partial charge is 0.337 e. The molecule has 0 saturated carbocycles. The highest BCUT2D eigenvalue weighted by Gasteiger charge is 2.27. The number of nitrogens with zero attached hydrogens (tertiary/aromatic N) is 2. The van der Waals surface area contributed by atoms with Gasteiger partial charge in [-0.25, -0.2) is 4.98 Å². The summed E-state index contributed by atoms with van der Waals surface area (Å²) in [5, 5.41) is 4.30. The lowest BCUT2D eigenvalue weighted by molar-refractivity contribution is 0.0781. The third-order valence-corrected chi connectivity index (χ3v) is 4.21. The van der Waals surface area contributed by atoms with E-state index >= 15 is 0 Å². The van der Waals surface area contributed by atoms with Crippen LogP contribution in [0.1, 0.15) is 22.5 Å². The smallest absolute Gasteiger partial charge is 0.272 e. The SMILES string of the molecule is CNC[C@H]1CCN(C(=O)c2cc(C)c3ccccc3n2)C1. The van der Waals surface area contributed by atoms with E-state index in [-0.39, 0.29) is 5.91 Å². The Hall–Kier alpha value is -1.94. The van der Waals surface area contributed by atoms with Gasteiger partial charge in [0.05, 0.1) is 5.52 Å². The van der Waals surface area contributed by atoms with Gasteiger partial charge in [-0.2, -0.15) is 0 Å². The lowest BCUT2D eigenvalue weighted by atomic mass is 10.1. The van der Waals surface area contributed by atoms with E-state index in [4.69, 9.17) is 0 Å². The number of carbonyl (C=O) groups is 1. The molecular formula is C17H21N3O. The van der Waals surface area contributed by atoms with Gasteiger partial charge in [-0.1, -0.05) is 18.2 Å². The second-order valence-electron chi connectivity index (χ2n) is 5.81. The van der Waals surface area contributed by atoms with Crippen LogP contribution in [-0.2, 0) is 0 Å². The molecule has 1 atom stereocenters. The standard InChI is InChI=1S/C17H21N3O/c1-12-9-16(19-15-6-4-3-5-14(12)15)17(21)20-8-7-13(11-20)10-18-2/h3-6,9,13,18H,7-8,10-11H2,1-2H3/t13-/m1/s1. The van der Waals surface area contributed by atoms with Gasteiger partial charge in [0.1, 0.15) is 5.69 Å². The number of hydrogen-bond donors (Lipinski definition) is 1. The molecule has 0 spiro atoms. The molecular weight excluding hydrogens is 262 g/mol. The molecule has 1 aliphatic heterocycles. The Morgan fingerprint density at radius 1 is 1.43 bits per heavy atom. The van der Waals surface area contributed by atoms with E-state index in [1.165, 1.54) is 0 Å². The van der Waals surface area contributed by atoms with Gasteiger partial charge in [-0.15, -0.1) is 0 Å². The number of fused-ring (bicyclic) bond motifs is 1. The average molecular weight is 283 g/mol. The van der Waals surface area contributed by atoms with E-state index < -0.39 is 0 Å². The van der Waals surface area contributed by atoms with Gasteiger partial charge in [0.15, 0.2) is 0 Å². The highest BCUT2D eigenvalue weighted by atomic mass is 16.2. The zero-order valence-corrected chi connectivity index (χ0v) is 12.6. The van der Waals surface area contributed by atoms with Crippen LogP contribution in [0, 0.1) is 12.8 Å². The fourth-order valence-electron chi connectivity index (χ4n) is 3.09. The summed E-state index contributed by atoms with van der Waals surface area (Å²) < 4.78 is 0. The number of aromatic nitrogens is 1. The number of hydrogen-bond acceptors (Lipinski definition) is 3. The summed E-state index contributed by atoms with van der Waals surface area (Å²) in [5.74, 6) is 0.614. The van der Waals surface area contributed by atoms with Crippen LogP contribution in [0.5, 0.6) is 0 Å². The van der Waals surface area contributed by atoms with Gasteiger partial charge in [0, 0.05) is 18.5 Å². The maximum absolute atomic E-state index is 12.6. The summed E-state index contributed by atoms with van der Waals surface area (Å²) in [6, 6.07) is 9.89. The van der Waals surface area contributed by atoms with Gasteiger partial charge in [0.25, 0.3) is 5.91 Å². The van der Waals surface area contributed by atoms with E-state index in [1.807, 2.05) is 49.2 Å². The molecule has 1 N–H and O–H groups in total. The van der Waals surface area contributed by atoms with Crippen LogP contribution in [-0.4, -0.2) is 42.5 Å². The molecule has 1 amide bonds. The Balaban J connectivity index is 1.85. The van der Waals surface area contributed by atoms with Crippen LogP contribution in [0.4, 0.5) is 0 Å². The minimum absolute atomic E-state index is 0.0578. The van der Waals surface area contributed by atoms with Crippen molar-refractivity contribution in [2.75, 3.05) is 26.7 Å². The van der Waals surface area contributed by atoms with Crippen LogP contribution >= 0.6 is 0 Å². The first kappa shape index (κ1) is 14.0. The number of carbonyl (C=O) groups excluding carboxylic acids is 1. The van der Waals surface area contributed by atoms with Gasteiger partial charge >= 0.3 is 0 Å². The Morgan fingerprint density at radius 2 is 2.24 bits per heavy atom. The van der Waals surface area contributed by atoms with Crippen LogP contribution < -0.4 is 5.32 Å². The number of benzene rings is 1. The predicted octanol–water partition coefficient (Wildman–Crippen LogP) is 2.22. The molecule has 2 heterocycles. The van der Waals surface area contributed by atoms with Crippen molar-refractivity contribution in [3.05, 3.63) is 41.6 Å². The Kier molecular flexibility index (Phi) is 3.88. The molecule has 0 unspecified atom stereocenters. The Labute approximate surface area is 125 Å². The normalized spacial score (nSPS) is 18.4. The Bertz CT molecular complexity index is 668. The zero-order chi connectivity index (χ0) is 14.8. The number of aryl methyl sites for hydroxylation is 1. The molecule has 1 saturated heterocycles. The van der Waals surface area contributed by atoms with Crippen LogP contribution in [0.15, 0.2) is 30.3 Å². The van der Waals surface area contributed by atoms with Crippen LogP contribution in [0.25, 0.3) is 10.9 Å². The lowest BCUT2D eigenvalue weighted by Gasteiger charge is -2.17. The summed E-state index contributed by atoms with van der Waals surface area (Å²) in [6.45, 7) is 4.66. The minimum Gasteiger partial charge on any atom is -0.337 e. The predicted molar refractivity (Wildman–Crippen MR) is 84.4 cm³/mol. The molecule has 1 aliphatic rings. The maximum atomic E-state index is 12.6. The first-order valence-corrected chi connectivity index (χ1v) is 7.49. The molecule has 1 fully saturated rings. The number of pyridine rings is 1. The van der Waals surface area contributed by atoms with Crippen molar-refractivity contribution in [1.29, 1.82) is 0 Å². The van der Waals surface area contributed by atoms with E-state index in [1.54, 1.807) is 0 Å². The topological polar surface area (TPSA) is 45.2 Å². The van der Waals surface area contributed by atoms with Crippen molar-refractivity contribution in [1.82, 2.24) is 15.2 Å². The first-order chi connectivity index (χ1) is 10.2. The second kappa shape index (κ2) is 5.82. The number of nitrogens with one attached hydrogen (secondary N) is 1. The molecule has 0 radical (unpaired) electrons. The van der Waals surface area contributed by atoms with Crippen molar-refractivity contribution < 1.29 is 4.79 Å². The lowest BCUT2D eigenvalue weighted by Crippen LogP contribution is -2.31. The van der Waals surface area contributed by atoms with Gasteiger partial charge in [-0.05, 0) is 50.6 Å². The van der Waals surface area contributed by atoms with E-state index in [0.717, 1.165) is 42.5 Å². The molecule has 0 aliphatic carbocycles. The van der Waals surface area contributed by atoms with Gasteiger partial charge < -0.3 is 10.2 Å². The summed E-state index contributed by atoms with van der Waals surface area (Å²) in [7, 11) is 1.96. The number of rotatable bonds is 3. The first-order valence-electron chi connectivity index (χ1n) is 7.49. The molecule has 1 aromatic heterocycles. The average Bonchev–Trinajstić information content (AvgIpc) is 2.95. The van der Waals surface area contributed by atoms with Crippen LogP contribution in [0.2, 0.25) is 0 Å². The monoisotopic (exact) mass is 283 g/mol. The molecule has 4 nitrogen and oxygen atoms in total. The highest BCUT2D eigenvalue weighted by molar-refractivity contribution is 5.96. The molecule has 1 aromatic carbocycles. The van der Waals surface area contributed by atoms with Crippen molar-refractivity contribution in [3.8, 4) is 0 Å².